The Balaban J connectivity index is 1.37. The number of rotatable bonds is 9. The number of urea groups is 1. The summed E-state index contributed by atoms with van der Waals surface area (Å²) in [5.74, 6) is 0.904. The molecule has 2 saturated heterocycles. The largest absolute Gasteiger partial charge is 0.332 e. The number of hydrogen-bond acceptors (Lipinski definition) is 5. The predicted molar refractivity (Wildman–Crippen MR) is 129 cm³/mol. The van der Waals surface area contributed by atoms with Crippen LogP contribution >= 0.6 is 11.8 Å². The second-order valence-electron chi connectivity index (χ2n) is 8.37. The minimum atomic E-state index is -3.80. The molecule has 0 aromatic heterocycles. The quantitative estimate of drug-likeness (QED) is 0.370. The number of nitrogens with one attached hydrogen (secondary N) is 2. The topological polar surface area (TPSA) is 122 Å². The highest BCUT2D eigenvalue weighted by atomic mass is 32.2. The number of unbranched alkanes of at least 4 members (excludes halogenated alkanes) is 1. The van der Waals surface area contributed by atoms with E-state index in [2.05, 4.69) is 10.6 Å². The molecule has 2 aliphatic rings. The standard InChI is InChI=1S/C23H28N4O4S2/c24-33(30,31)18-12-10-17(11-13-18)27(14-16-6-2-1-3-7-16)21(28)9-5-4-8-20-22-19(15-32-20)25-23(29)26-22/h1-3,6-7,10-13,19-20,22H,4-5,8-9,14-15H2,(H2,24,30,31)(H2,25,26,29)/t19-,20-,22-/m0/s1. The lowest BCUT2D eigenvalue weighted by atomic mass is 10.0. The maximum absolute atomic E-state index is 13.2. The lowest BCUT2D eigenvalue weighted by Crippen LogP contribution is -2.36. The summed E-state index contributed by atoms with van der Waals surface area (Å²) in [4.78, 5) is 26.4. The Morgan fingerprint density at radius 2 is 1.79 bits per heavy atom. The van der Waals surface area contributed by atoms with Gasteiger partial charge in [-0.25, -0.2) is 18.4 Å². The highest BCUT2D eigenvalue weighted by molar-refractivity contribution is 8.00. The normalized spacial score (nSPS) is 21.8. The maximum Gasteiger partial charge on any atom is 0.315 e. The molecule has 2 aliphatic heterocycles. The van der Waals surface area contributed by atoms with E-state index >= 15 is 0 Å². The van der Waals surface area contributed by atoms with Crippen molar-refractivity contribution in [3.8, 4) is 0 Å². The van der Waals surface area contributed by atoms with E-state index in [4.69, 9.17) is 5.14 Å². The maximum atomic E-state index is 13.2. The minimum Gasteiger partial charge on any atom is -0.332 e. The number of anilines is 1. The van der Waals surface area contributed by atoms with Crippen LogP contribution in [0.2, 0.25) is 0 Å². The number of fused-ring (bicyclic) bond motifs is 1. The molecular weight excluding hydrogens is 460 g/mol. The number of nitrogens with zero attached hydrogens (tertiary/aromatic N) is 1. The minimum absolute atomic E-state index is 0.0132. The van der Waals surface area contributed by atoms with Gasteiger partial charge in [-0.2, -0.15) is 11.8 Å². The first-order valence-electron chi connectivity index (χ1n) is 11.0. The number of hydrogen-bond donors (Lipinski definition) is 3. The van der Waals surface area contributed by atoms with Gasteiger partial charge >= 0.3 is 6.03 Å². The van der Waals surface area contributed by atoms with Gasteiger partial charge in [0.05, 0.1) is 23.5 Å². The molecule has 10 heteroatoms. The van der Waals surface area contributed by atoms with Crippen molar-refractivity contribution in [2.45, 2.75) is 54.5 Å². The Kier molecular flexibility index (Phi) is 7.26. The molecule has 0 radical (unpaired) electrons. The molecule has 33 heavy (non-hydrogen) atoms. The Morgan fingerprint density at radius 3 is 2.48 bits per heavy atom. The highest BCUT2D eigenvalue weighted by Crippen LogP contribution is 2.33. The number of primary sulfonamides is 1. The summed E-state index contributed by atoms with van der Waals surface area (Å²) in [5.41, 5.74) is 1.62. The number of thioether (sulfide) groups is 1. The monoisotopic (exact) mass is 488 g/mol. The Bertz CT molecular complexity index is 1090. The van der Waals surface area contributed by atoms with Crippen LogP contribution in [0, 0.1) is 0 Å². The SMILES string of the molecule is NS(=O)(=O)c1ccc(N(Cc2ccccc2)C(=O)CCCC[C@@H]2SC[C@@H]3NC(=O)N[C@@H]32)cc1. The molecule has 2 aromatic rings. The summed E-state index contributed by atoms with van der Waals surface area (Å²) in [6.45, 7) is 0.397. The molecule has 3 amide bonds. The van der Waals surface area contributed by atoms with Gasteiger partial charge in [0, 0.05) is 23.1 Å². The summed E-state index contributed by atoms with van der Waals surface area (Å²) in [5, 5.41) is 11.5. The molecule has 3 atom stereocenters. The predicted octanol–water partition coefficient (Wildman–Crippen LogP) is 2.59. The lowest BCUT2D eigenvalue weighted by molar-refractivity contribution is -0.118. The zero-order valence-corrected chi connectivity index (χ0v) is 19.8. The molecule has 2 aromatic carbocycles. The zero-order valence-electron chi connectivity index (χ0n) is 18.1. The average molecular weight is 489 g/mol. The molecule has 0 aliphatic carbocycles. The third kappa shape index (κ3) is 5.87. The molecular formula is C23H28N4O4S2. The molecule has 4 rings (SSSR count). The van der Waals surface area contributed by atoms with Gasteiger partial charge in [0.15, 0.2) is 0 Å². The van der Waals surface area contributed by atoms with Crippen molar-refractivity contribution in [2.24, 2.45) is 5.14 Å². The van der Waals surface area contributed by atoms with Gasteiger partial charge in [0.2, 0.25) is 15.9 Å². The van der Waals surface area contributed by atoms with Gasteiger partial charge in [-0.15, -0.1) is 0 Å². The molecule has 8 nitrogen and oxygen atoms in total. The number of amides is 3. The summed E-state index contributed by atoms with van der Waals surface area (Å²) in [6, 6.07) is 16.0. The Labute approximate surface area is 198 Å². The molecule has 2 fully saturated rings. The van der Waals surface area contributed by atoms with Crippen molar-refractivity contribution in [1.29, 1.82) is 0 Å². The summed E-state index contributed by atoms with van der Waals surface area (Å²) in [6.07, 6.45) is 2.98. The van der Waals surface area contributed by atoms with E-state index in [1.54, 1.807) is 17.0 Å². The van der Waals surface area contributed by atoms with Crippen molar-refractivity contribution >= 4 is 39.4 Å². The summed E-state index contributed by atoms with van der Waals surface area (Å²) >= 11 is 1.87. The average Bonchev–Trinajstić information content (AvgIpc) is 3.34. The second-order valence-corrected chi connectivity index (χ2v) is 11.2. The van der Waals surface area contributed by atoms with Crippen LogP contribution in [-0.4, -0.2) is 43.4 Å². The molecule has 0 saturated carbocycles. The van der Waals surface area contributed by atoms with Gasteiger partial charge in [0.1, 0.15) is 0 Å². The summed E-state index contributed by atoms with van der Waals surface area (Å²) in [7, 11) is -3.80. The van der Waals surface area contributed by atoms with Crippen molar-refractivity contribution in [3.05, 3.63) is 60.2 Å². The molecule has 4 N–H and O–H groups in total. The highest BCUT2D eigenvalue weighted by Gasteiger charge is 2.42. The van der Waals surface area contributed by atoms with Gasteiger partial charge in [-0.1, -0.05) is 36.8 Å². The van der Waals surface area contributed by atoms with Crippen LogP contribution in [0.25, 0.3) is 0 Å². The van der Waals surface area contributed by atoms with Crippen molar-refractivity contribution < 1.29 is 18.0 Å². The lowest BCUT2D eigenvalue weighted by Gasteiger charge is -2.24. The number of benzene rings is 2. The second kappa shape index (κ2) is 10.1. The first-order valence-corrected chi connectivity index (χ1v) is 13.6. The number of nitrogens with two attached hydrogens (primary N) is 1. The van der Waals surface area contributed by atoms with Crippen molar-refractivity contribution in [2.75, 3.05) is 10.7 Å². The van der Waals surface area contributed by atoms with Crippen LogP contribution < -0.4 is 20.7 Å². The van der Waals surface area contributed by atoms with Crippen molar-refractivity contribution in [1.82, 2.24) is 10.6 Å². The van der Waals surface area contributed by atoms with Crippen LogP contribution in [0.3, 0.4) is 0 Å². The molecule has 0 spiro atoms. The van der Waals surface area contributed by atoms with E-state index in [0.717, 1.165) is 30.6 Å². The van der Waals surface area contributed by atoms with E-state index in [1.807, 2.05) is 42.1 Å². The molecule has 2 heterocycles. The fraction of sp³-hybridized carbons (Fsp3) is 0.391. The first kappa shape index (κ1) is 23.6. The third-order valence-corrected chi connectivity index (χ3v) is 8.47. The first-order chi connectivity index (χ1) is 15.8. The van der Waals surface area contributed by atoms with Crippen LogP contribution in [-0.2, 0) is 21.4 Å². The smallest absolute Gasteiger partial charge is 0.315 e. The number of sulfonamides is 1. The Hall–Kier alpha value is -2.56. The van der Waals surface area contributed by atoms with Gasteiger partial charge < -0.3 is 15.5 Å². The Morgan fingerprint density at radius 1 is 1.06 bits per heavy atom. The van der Waals surface area contributed by atoms with Crippen LogP contribution in [0.4, 0.5) is 10.5 Å². The molecule has 0 unspecified atom stereocenters. The molecule has 176 valence electrons. The number of carbonyl (C=O) groups excluding carboxylic acids is 2. The van der Waals surface area contributed by atoms with Gasteiger partial charge in [-0.05, 0) is 42.7 Å². The zero-order chi connectivity index (χ0) is 23.4. The van der Waals surface area contributed by atoms with Crippen LogP contribution in [0.5, 0.6) is 0 Å². The van der Waals surface area contributed by atoms with E-state index in [0.29, 0.717) is 23.9 Å². The molecule has 0 bridgehead atoms. The van der Waals surface area contributed by atoms with Crippen LogP contribution in [0.15, 0.2) is 59.5 Å². The number of carbonyl (C=O) groups is 2. The summed E-state index contributed by atoms with van der Waals surface area (Å²) < 4.78 is 23.2. The third-order valence-electron chi connectivity index (χ3n) is 6.03. The van der Waals surface area contributed by atoms with E-state index < -0.39 is 10.0 Å². The van der Waals surface area contributed by atoms with Crippen molar-refractivity contribution in [3.63, 3.8) is 0 Å². The van der Waals surface area contributed by atoms with E-state index in [-0.39, 0.29) is 28.9 Å². The van der Waals surface area contributed by atoms with Gasteiger partial charge in [0.25, 0.3) is 0 Å². The van der Waals surface area contributed by atoms with Crippen LogP contribution in [0.1, 0.15) is 31.2 Å². The fourth-order valence-corrected chi connectivity index (χ4v) is 6.36. The van der Waals surface area contributed by atoms with Gasteiger partial charge in [-0.3, -0.25) is 4.79 Å². The fourth-order valence-electron chi connectivity index (χ4n) is 4.30. The van der Waals surface area contributed by atoms with E-state index in [9.17, 15) is 18.0 Å². The van der Waals surface area contributed by atoms with E-state index in [1.165, 1.54) is 12.1 Å².